The smallest absolute Gasteiger partial charge is 0.0385 e. The fourth-order valence-corrected chi connectivity index (χ4v) is 2.57. The number of nitrogens with zero attached hydrogens (tertiary/aromatic N) is 1. The second-order valence-corrected chi connectivity index (χ2v) is 5.65. The fourth-order valence-electron chi connectivity index (χ4n) is 2.57. The molecular formula is C21H23ClN2. The van der Waals surface area contributed by atoms with Gasteiger partial charge in [-0.1, -0.05) is 91.0 Å². The lowest BCUT2D eigenvalue weighted by Gasteiger charge is -2.24. The minimum absolute atomic E-state index is 0. The molecule has 3 heteroatoms. The number of halogens is 1. The number of benzene rings is 3. The van der Waals surface area contributed by atoms with Crippen molar-refractivity contribution in [3.63, 3.8) is 0 Å². The Labute approximate surface area is 150 Å². The molecule has 0 amide bonds. The zero-order chi connectivity index (χ0) is 15.7. The Kier molecular flexibility index (Phi) is 7.50. The largest absolute Gasteiger partial charge is 0.250 e. The Hall–Kier alpha value is -2.13. The molecule has 2 nitrogen and oxygen atoms in total. The van der Waals surface area contributed by atoms with Crippen molar-refractivity contribution >= 4 is 12.4 Å². The van der Waals surface area contributed by atoms with Crippen molar-refractivity contribution in [1.29, 1.82) is 0 Å². The predicted octanol–water partition coefficient (Wildman–Crippen LogP) is 4.82. The number of hydrogen-bond donors (Lipinski definition) is 1. The van der Waals surface area contributed by atoms with Gasteiger partial charge in [0.15, 0.2) is 0 Å². The second kappa shape index (κ2) is 9.89. The van der Waals surface area contributed by atoms with Gasteiger partial charge in [-0.3, -0.25) is 5.43 Å². The lowest BCUT2D eigenvalue weighted by atomic mass is 10.2. The number of hydrogen-bond acceptors (Lipinski definition) is 2. The van der Waals surface area contributed by atoms with E-state index in [1.165, 1.54) is 16.7 Å². The van der Waals surface area contributed by atoms with E-state index in [9.17, 15) is 0 Å². The van der Waals surface area contributed by atoms with Gasteiger partial charge in [0.25, 0.3) is 0 Å². The summed E-state index contributed by atoms with van der Waals surface area (Å²) in [6, 6.07) is 31.7. The number of nitrogens with one attached hydrogen (secondary N) is 1. The molecule has 0 spiro atoms. The van der Waals surface area contributed by atoms with Crippen molar-refractivity contribution in [3.05, 3.63) is 108 Å². The highest BCUT2D eigenvalue weighted by Gasteiger charge is 2.07. The monoisotopic (exact) mass is 338 g/mol. The van der Waals surface area contributed by atoms with E-state index >= 15 is 0 Å². The first-order chi connectivity index (χ1) is 11.4. The molecule has 24 heavy (non-hydrogen) atoms. The van der Waals surface area contributed by atoms with Crippen molar-refractivity contribution in [1.82, 2.24) is 10.4 Å². The number of rotatable bonds is 7. The maximum atomic E-state index is 3.57. The normalized spacial score (nSPS) is 10.4. The second-order valence-electron chi connectivity index (χ2n) is 5.65. The summed E-state index contributed by atoms with van der Waals surface area (Å²) in [4.78, 5) is 0. The van der Waals surface area contributed by atoms with Gasteiger partial charge in [-0.05, 0) is 16.7 Å². The van der Waals surface area contributed by atoms with Crippen LogP contribution >= 0.6 is 12.4 Å². The Bertz CT molecular complexity index is 645. The first-order valence-electron chi connectivity index (χ1n) is 8.00. The van der Waals surface area contributed by atoms with Gasteiger partial charge in [0, 0.05) is 19.6 Å². The molecule has 0 heterocycles. The molecule has 3 aromatic carbocycles. The maximum absolute atomic E-state index is 3.57. The molecule has 0 aromatic heterocycles. The quantitative estimate of drug-likeness (QED) is 0.621. The molecule has 0 aliphatic rings. The average molecular weight is 339 g/mol. The summed E-state index contributed by atoms with van der Waals surface area (Å²) in [5, 5.41) is 2.28. The van der Waals surface area contributed by atoms with Gasteiger partial charge in [-0.25, -0.2) is 5.01 Å². The third-order valence-corrected chi connectivity index (χ3v) is 3.78. The van der Waals surface area contributed by atoms with E-state index in [2.05, 4.69) is 101 Å². The molecule has 0 aliphatic carbocycles. The van der Waals surface area contributed by atoms with E-state index in [0.29, 0.717) is 0 Å². The standard InChI is InChI=1S/C21H22N2.ClH/c1-4-10-19(11-5-1)16-22-23(17-20-12-6-2-7-13-20)18-21-14-8-3-9-15-21;/h1-15,22H,16-18H2;1H. The summed E-state index contributed by atoms with van der Waals surface area (Å²) in [5.74, 6) is 0. The average Bonchev–Trinajstić information content (AvgIpc) is 2.62. The lowest BCUT2D eigenvalue weighted by molar-refractivity contribution is 0.165. The van der Waals surface area contributed by atoms with Crippen LogP contribution < -0.4 is 5.43 Å². The zero-order valence-electron chi connectivity index (χ0n) is 13.6. The van der Waals surface area contributed by atoms with Crippen LogP contribution in [-0.2, 0) is 19.6 Å². The summed E-state index contributed by atoms with van der Waals surface area (Å²) in [6.45, 7) is 2.59. The first-order valence-corrected chi connectivity index (χ1v) is 8.00. The highest BCUT2D eigenvalue weighted by atomic mass is 35.5. The summed E-state index contributed by atoms with van der Waals surface area (Å²) >= 11 is 0. The van der Waals surface area contributed by atoms with Gasteiger partial charge < -0.3 is 0 Å². The minimum atomic E-state index is 0. The molecule has 0 saturated carbocycles. The zero-order valence-corrected chi connectivity index (χ0v) is 14.5. The van der Waals surface area contributed by atoms with E-state index in [-0.39, 0.29) is 12.4 Å². The van der Waals surface area contributed by atoms with Crippen molar-refractivity contribution < 1.29 is 0 Å². The van der Waals surface area contributed by atoms with Gasteiger partial charge in [0.1, 0.15) is 0 Å². The molecule has 3 rings (SSSR count). The van der Waals surface area contributed by atoms with Gasteiger partial charge in [0.2, 0.25) is 0 Å². The Morgan fingerprint density at radius 1 is 0.542 bits per heavy atom. The Morgan fingerprint density at radius 3 is 1.33 bits per heavy atom. The molecular weight excluding hydrogens is 316 g/mol. The Balaban J connectivity index is 0.00000208. The molecule has 0 fully saturated rings. The SMILES string of the molecule is Cl.c1ccc(CNN(Cc2ccccc2)Cc2ccccc2)cc1. The van der Waals surface area contributed by atoms with E-state index in [0.717, 1.165) is 19.6 Å². The molecule has 1 N–H and O–H groups in total. The van der Waals surface area contributed by atoms with Crippen LogP contribution in [0.5, 0.6) is 0 Å². The Morgan fingerprint density at radius 2 is 0.917 bits per heavy atom. The summed E-state index contributed by atoms with van der Waals surface area (Å²) in [6.07, 6.45) is 0. The maximum Gasteiger partial charge on any atom is 0.0385 e. The van der Waals surface area contributed by atoms with Gasteiger partial charge in [-0.15, -0.1) is 12.4 Å². The molecule has 124 valence electrons. The molecule has 0 unspecified atom stereocenters. The van der Waals surface area contributed by atoms with E-state index in [1.54, 1.807) is 0 Å². The summed E-state index contributed by atoms with van der Waals surface area (Å²) in [5.41, 5.74) is 7.48. The molecule has 0 saturated heterocycles. The van der Waals surface area contributed by atoms with Crippen LogP contribution in [0.3, 0.4) is 0 Å². The van der Waals surface area contributed by atoms with Crippen molar-refractivity contribution in [2.24, 2.45) is 0 Å². The van der Waals surface area contributed by atoms with E-state index < -0.39 is 0 Å². The van der Waals surface area contributed by atoms with Crippen molar-refractivity contribution in [2.75, 3.05) is 0 Å². The van der Waals surface area contributed by atoms with Gasteiger partial charge in [0.05, 0.1) is 0 Å². The third-order valence-electron chi connectivity index (χ3n) is 3.78. The highest BCUT2D eigenvalue weighted by Crippen LogP contribution is 2.09. The van der Waals surface area contributed by atoms with Crippen LogP contribution in [0, 0.1) is 0 Å². The third kappa shape index (κ3) is 5.82. The fraction of sp³-hybridized carbons (Fsp3) is 0.143. The minimum Gasteiger partial charge on any atom is -0.250 e. The molecule has 3 aromatic rings. The lowest BCUT2D eigenvalue weighted by Crippen LogP contribution is -2.36. The number of hydrazine groups is 1. The molecule has 0 atom stereocenters. The van der Waals surface area contributed by atoms with E-state index in [1.807, 2.05) is 0 Å². The molecule has 0 bridgehead atoms. The van der Waals surface area contributed by atoms with Crippen LogP contribution in [0.4, 0.5) is 0 Å². The molecule has 0 aliphatic heterocycles. The topological polar surface area (TPSA) is 15.3 Å². The van der Waals surface area contributed by atoms with Crippen molar-refractivity contribution in [2.45, 2.75) is 19.6 Å². The van der Waals surface area contributed by atoms with Crippen LogP contribution in [0.25, 0.3) is 0 Å². The molecule has 0 radical (unpaired) electrons. The van der Waals surface area contributed by atoms with Gasteiger partial charge >= 0.3 is 0 Å². The van der Waals surface area contributed by atoms with E-state index in [4.69, 9.17) is 0 Å². The van der Waals surface area contributed by atoms with Crippen LogP contribution in [-0.4, -0.2) is 5.01 Å². The van der Waals surface area contributed by atoms with Gasteiger partial charge in [-0.2, -0.15) is 0 Å². The summed E-state index contributed by atoms with van der Waals surface area (Å²) in [7, 11) is 0. The summed E-state index contributed by atoms with van der Waals surface area (Å²) < 4.78 is 0. The first kappa shape index (κ1) is 18.2. The van der Waals surface area contributed by atoms with Crippen LogP contribution in [0.2, 0.25) is 0 Å². The van der Waals surface area contributed by atoms with Crippen LogP contribution in [0.1, 0.15) is 16.7 Å². The van der Waals surface area contributed by atoms with Crippen LogP contribution in [0.15, 0.2) is 91.0 Å². The van der Waals surface area contributed by atoms with Crippen molar-refractivity contribution in [3.8, 4) is 0 Å². The predicted molar refractivity (Wildman–Crippen MR) is 103 cm³/mol. The highest BCUT2D eigenvalue weighted by molar-refractivity contribution is 5.85.